The molecule has 3 aromatic rings. The number of aryl methyl sites for hydroxylation is 1. The van der Waals surface area contributed by atoms with Crippen LogP contribution in [0.15, 0.2) is 24.3 Å². The van der Waals surface area contributed by atoms with Gasteiger partial charge in [-0.25, -0.2) is 9.97 Å². The molecule has 0 spiro atoms. The van der Waals surface area contributed by atoms with Crippen molar-refractivity contribution in [3.05, 3.63) is 30.1 Å². The summed E-state index contributed by atoms with van der Waals surface area (Å²) in [5.41, 5.74) is 8.70. The van der Waals surface area contributed by atoms with Crippen LogP contribution in [0.25, 0.3) is 21.9 Å². The van der Waals surface area contributed by atoms with Crippen LogP contribution in [0, 0.1) is 0 Å². The first kappa shape index (κ1) is 14.8. The van der Waals surface area contributed by atoms with E-state index in [2.05, 4.69) is 16.5 Å². The molecule has 0 saturated heterocycles. The summed E-state index contributed by atoms with van der Waals surface area (Å²) in [6.07, 6.45) is 2.18. The number of fused-ring (bicyclic) bond motifs is 3. The van der Waals surface area contributed by atoms with E-state index in [9.17, 15) is 5.11 Å². The summed E-state index contributed by atoms with van der Waals surface area (Å²) in [6, 6.07) is 7.94. The Bertz CT molecular complexity index is 809. The molecule has 5 heteroatoms. The minimum Gasteiger partial charge on any atom is -0.391 e. The van der Waals surface area contributed by atoms with Crippen molar-refractivity contribution < 1.29 is 5.11 Å². The number of nitrogens with zero attached hydrogens (tertiary/aromatic N) is 3. The quantitative estimate of drug-likeness (QED) is 0.759. The maximum atomic E-state index is 10.1. The van der Waals surface area contributed by atoms with Crippen LogP contribution in [-0.2, 0) is 13.0 Å². The molecule has 0 fully saturated rings. The maximum Gasteiger partial charge on any atom is 0.152 e. The van der Waals surface area contributed by atoms with Crippen LogP contribution in [0.1, 0.15) is 32.5 Å². The van der Waals surface area contributed by atoms with Gasteiger partial charge in [0, 0.05) is 11.8 Å². The van der Waals surface area contributed by atoms with Crippen LogP contribution in [0.4, 0.5) is 5.82 Å². The molecule has 22 heavy (non-hydrogen) atoms. The van der Waals surface area contributed by atoms with Gasteiger partial charge < -0.3 is 15.4 Å². The van der Waals surface area contributed by atoms with E-state index in [-0.39, 0.29) is 6.10 Å². The minimum absolute atomic E-state index is 0.388. The van der Waals surface area contributed by atoms with Gasteiger partial charge in [0.05, 0.1) is 23.7 Å². The number of hydrogen-bond donors (Lipinski definition) is 2. The molecule has 2 heterocycles. The molecule has 5 nitrogen and oxygen atoms in total. The van der Waals surface area contributed by atoms with Crippen molar-refractivity contribution in [1.29, 1.82) is 0 Å². The van der Waals surface area contributed by atoms with E-state index in [1.807, 2.05) is 31.2 Å². The highest BCUT2D eigenvalue weighted by Crippen LogP contribution is 2.29. The maximum absolute atomic E-state index is 10.1. The van der Waals surface area contributed by atoms with Crippen molar-refractivity contribution in [3.8, 4) is 0 Å². The van der Waals surface area contributed by atoms with Crippen molar-refractivity contribution in [1.82, 2.24) is 14.5 Å². The summed E-state index contributed by atoms with van der Waals surface area (Å²) in [7, 11) is 0. The number of aromatic nitrogens is 3. The number of hydrogen-bond acceptors (Lipinski definition) is 4. The second-order valence-electron chi connectivity index (χ2n) is 5.66. The van der Waals surface area contributed by atoms with Gasteiger partial charge in [-0.15, -0.1) is 0 Å². The first-order chi connectivity index (χ1) is 10.7. The predicted octanol–water partition coefficient (Wildman–Crippen LogP) is 2.89. The molecule has 2 aromatic heterocycles. The number of aliphatic hydroxyl groups is 1. The summed E-state index contributed by atoms with van der Waals surface area (Å²) < 4.78 is 2.12. The molecule has 0 aliphatic carbocycles. The van der Waals surface area contributed by atoms with Crippen molar-refractivity contribution >= 4 is 27.8 Å². The van der Waals surface area contributed by atoms with Crippen LogP contribution < -0.4 is 5.73 Å². The number of pyridine rings is 1. The SMILES string of the molecule is CCCc1nc2c(N)nc3ccccc3c2n1CC(O)CC. The summed E-state index contributed by atoms with van der Waals surface area (Å²) in [5.74, 6) is 1.42. The fraction of sp³-hybridized carbons (Fsp3) is 0.412. The van der Waals surface area contributed by atoms with E-state index < -0.39 is 0 Å². The standard InChI is InChI=1S/C17H22N4O/c1-3-7-14-20-15-16(21(14)10-11(22)4-2)12-8-5-6-9-13(12)19-17(15)18/h5-6,8-9,11,22H,3-4,7,10H2,1-2H3,(H2,18,19). The Morgan fingerprint density at radius 2 is 2.00 bits per heavy atom. The topological polar surface area (TPSA) is 77.0 Å². The van der Waals surface area contributed by atoms with Gasteiger partial charge in [-0.2, -0.15) is 0 Å². The highest BCUT2D eigenvalue weighted by molar-refractivity contribution is 6.06. The highest BCUT2D eigenvalue weighted by Gasteiger charge is 2.18. The summed E-state index contributed by atoms with van der Waals surface area (Å²) in [4.78, 5) is 9.16. The first-order valence-corrected chi connectivity index (χ1v) is 7.87. The molecular formula is C17H22N4O. The normalized spacial score (nSPS) is 13.0. The average molecular weight is 298 g/mol. The number of imidazole rings is 1. The summed E-state index contributed by atoms with van der Waals surface area (Å²) >= 11 is 0. The first-order valence-electron chi connectivity index (χ1n) is 7.87. The van der Waals surface area contributed by atoms with Crippen molar-refractivity contribution in [2.24, 2.45) is 0 Å². The largest absolute Gasteiger partial charge is 0.391 e. The Labute approximate surface area is 129 Å². The lowest BCUT2D eigenvalue weighted by Crippen LogP contribution is -2.17. The van der Waals surface area contributed by atoms with Crippen molar-refractivity contribution in [3.63, 3.8) is 0 Å². The third kappa shape index (κ3) is 2.41. The summed E-state index contributed by atoms with van der Waals surface area (Å²) in [6.45, 7) is 4.65. The van der Waals surface area contributed by atoms with Gasteiger partial charge in [-0.05, 0) is 18.9 Å². The van der Waals surface area contributed by atoms with E-state index in [0.29, 0.717) is 18.8 Å². The van der Waals surface area contributed by atoms with Gasteiger partial charge in [0.15, 0.2) is 5.82 Å². The van der Waals surface area contributed by atoms with E-state index >= 15 is 0 Å². The average Bonchev–Trinajstić information content (AvgIpc) is 2.87. The lowest BCUT2D eigenvalue weighted by Gasteiger charge is -2.14. The molecule has 0 aliphatic heterocycles. The molecule has 116 valence electrons. The Hall–Kier alpha value is -2.14. The van der Waals surface area contributed by atoms with Crippen molar-refractivity contribution in [2.45, 2.75) is 45.8 Å². The van der Waals surface area contributed by atoms with E-state index in [4.69, 9.17) is 10.7 Å². The van der Waals surface area contributed by atoms with Crippen LogP contribution in [0.3, 0.4) is 0 Å². The summed E-state index contributed by atoms with van der Waals surface area (Å²) in [5, 5.41) is 11.2. The number of aliphatic hydroxyl groups excluding tert-OH is 1. The Kier molecular flexibility index (Phi) is 3.98. The van der Waals surface area contributed by atoms with Gasteiger partial charge >= 0.3 is 0 Å². The number of benzene rings is 1. The third-order valence-corrected chi connectivity index (χ3v) is 4.03. The smallest absolute Gasteiger partial charge is 0.152 e. The molecule has 0 amide bonds. The van der Waals surface area contributed by atoms with E-state index in [1.54, 1.807) is 0 Å². The Morgan fingerprint density at radius 1 is 1.23 bits per heavy atom. The number of nitrogens with two attached hydrogens (primary N) is 1. The molecule has 0 radical (unpaired) electrons. The zero-order valence-electron chi connectivity index (χ0n) is 13.1. The van der Waals surface area contributed by atoms with Gasteiger partial charge in [-0.1, -0.05) is 32.0 Å². The highest BCUT2D eigenvalue weighted by atomic mass is 16.3. The number of anilines is 1. The van der Waals surface area contributed by atoms with Crippen LogP contribution in [-0.4, -0.2) is 25.7 Å². The van der Waals surface area contributed by atoms with Gasteiger partial charge in [0.2, 0.25) is 0 Å². The van der Waals surface area contributed by atoms with Gasteiger partial charge in [0.25, 0.3) is 0 Å². The molecule has 3 rings (SSSR count). The molecule has 0 saturated carbocycles. The fourth-order valence-corrected chi connectivity index (χ4v) is 2.86. The second kappa shape index (κ2) is 5.93. The lowest BCUT2D eigenvalue weighted by atomic mass is 10.1. The third-order valence-electron chi connectivity index (χ3n) is 4.03. The molecule has 0 aliphatic rings. The Balaban J connectivity index is 2.34. The Morgan fingerprint density at radius 3 is 2.73 bits per heavy atom. The molecule has 1 atom stereocenters. The molecule has 1 unspecified atom stereocenters. The molecular weight excluding hydrogens is 276 g/mol. The molecule has 0 bridgehead atoms. The number of nitrogen functional groups attached to an aromatic ring is 1. The van der Waals surface area contributed by atoms with Crippen LogP contribution in [0.2, 0.25) is 0 Å². The molecule has 3 N–H and O–H groups in total. The monoisotopic (exact) mass is 298 g/mol. The zero-order chi connectivity index (χ0) is 15.7. The minimum atomic E-state index is -0.388. The lowest BCUT2D eigenvalue weighted by molar-refractivity contribution is 0.150. The van der Waals surface area contributed by atoms with E-state index in [0.717, 1.165) is 40.6 Å². The van der Waals surface area contributed by atoms with Crippen LogP contribution in [0.5, 0.6) is 0 Å². The second-order valence-corrected chi connectivity index (χ2v) is 5.66. The predicted molar refractivity (Wildman–Crippen MR) is 89.7 cm³/mol. The van der Waals surface area contributed by atoms with Gasteiger partial charge in [-0.3, -0.25) is 0 Å². The molecule has 1 aromatic carbocycles. The van der Waals surface area contributed by atoms with Gasteiger partial charge in [0.1, 0.15) is 11.3 Å². The van der Waals surface area contributed by atoms with E-state index in [1.165, 1.54) is 0 Å². The number of rotatable bonds is 5. The van der Waals surface area contributed by atoms with Crippen LogP contribution >= 0.6 is 0 Å². The fourth-order valence-electron chi connectivity index (χ4n) is 2.86. The number of para-hydroxylation sites is 1. The zero-order valence-corrected chi connectivity index (χ0v) is 13.1. The van der Waals surface area contributed by atoms with Crippen molar-refractivity contribution in [2.75, 3.05) is 5.73 Å².